The number of piperazine rings is 1. The van der Waals surface area contributed by atoms with Gasteiger partial charge in [-0.2, -0.15) is 0 Å². The Hall–Kier alpha value is -2.40. The number of nitrogens with zero attached hydrogens (tertiary/aromatic N) is 1. The highest BCUT2D eigenvalue weighted by atomic mass is 19.1. The molecular formula is C20H22FN3O. The maximum atomic E-state index is 13.8. The van der Waals surface area contributed by atoms with Crippen molar-refractivity contribution in [3.05, 3.63) is 59.4 Å². The summed E-state index contributed by atoms with van der Waals surface area (Å²) in [5.74, 6) is -0.0803. The van der Waals surface area contributed by atoms with E-state index in [0.717, 1.165) is 48.6 Å². The Morgan fingerprint density at radius 1 is 1.16 bits per heavy atom. The maximum Gasteiger partial charge on any atom is 0.226 e. The summed E-state index contributed by atoms with van der Waals surface area (Å²) in [7, 11) is 0. The van der Waals surface area contributed by atoms with Gasteiger partial charge in [0.05, 0.1) is 17.4 Å². The van der Waals surface area contributed by atoms with Crippen LogP contribution < -0.4 is 15.5 Å². The van der Waals surface area contributed by atoms with E-state index in [0.29, 0.717) is 12.8 Å². The highest BCUT2D eigenvalue weighted by molar-refractivity contribution is 5.97. The number of benzene rings is 2. The number of rotatable bonds is 3. The SMILES string of the molecule is O=C1CC2CNCCN2c2cc(CCc3ccccc3F)ccc2N1. The van der Waals surface area contributed by atoms with Crippen molar-refractivity contribution in [2.75, 3.05) is 29.9 Å². The van der Waals surface area contributed by atoms with E-state index in [2.05, 4.69) is 21.6 Å². The molecule has 4 nitrogen and oxygen atoms in total. The molecule has 1 fully saturated rings. The van der Waals surface area contributed by atoms with E-state index in [4.69, 9.17) is 0 Å². The highest BCUT2D eigenvalue weighted by Gasteiger charge is 2.30. The van der Waals surface area contributed by atoms with E-state index in [1.807, 2.05) is 24.3 Å². The van der Waals surface area contributed by atoms with Gasteiger partial charge in [-0.1, -0.05) is 24.3 Å². The molecular weight excluding hydrogens is 317 g/mol. The van der Waals surface area contributed by atoms with Crippen molar-refractivity contribution in [1.29, 1.82) is 0 Å². The van der Waals surface area contributed by atoms with Gasteiger partial charge in [-0.25, -0.2) is 4.39 Å². The molecule has 0 aromatic heterocycles. The number of aryl methyl sites for hydroxylation is 2. The zero-order valence-corrected chi connectivity index (χ0v) is 14.1. The summed E-state index contributed by atoms with van der Waals surface area (Å²) in [4.78, 5) is 14.5. The molecule has 2 aromatic carbocycles. The molecule has 130 valence electrons. The molecule has 2 aromatic rings. The van der Waals surface area contributed by atoms with Gasteiger partial charge in [-0.15, -0.1) is 0 Å². The molecule has 5 heteroatoms. The van der Waals surface area contributed by atoms with Gasteiger partial charge in [0, 0.05) is 26.1 Å². The fraction of sp³-hybridized carbons (Fsp3) is 0.350. The number of hydrogen-bond acceptors (Lipinski definition) is 3. The van der Waals surface area contributed by atoms with Crippen molar-refractivity contribution in [2.45, 2.75) is 25.3 Å². The van der Waals surface area contributed by atoms with Crippen LogP contribution in [0.3, 0.4) is 0 Å². The minimum absolute atomic E-state index is 0.0663. The Balaban J connectivity index is 1.59. The quantitative estimate of drug-likeness (QED) is 0.904. The molecule has 2 aliphatic heterocycles. The van der Waals surface area contributed by atoms with E-state index >= 15 is 0 Å². The van der Waals surface area contributed by atoms with Crippen molar-refractivity contribution >= 4 is 17.3 Å². The Kier molecular flexibility index (Phi) is 4.40. The van der Waals surface area contributed by atoms with Crippen LogP contribution >= 0.6 is 0 Å². The van der Waals surface area contributed by atoms with Crippen molar-refractivity contribution < 1.29 is 9.18 Å². The van der Waals surface area contributed by atoms with E-state index in [9.17, 15) is 9.18 Å². The summed E-state index contributed by atoms with van der Waals surface area (Å²) in [6.45, 7) is 2.64. The minimum Gasteiger partial charge on any atom is -0.364 e. The van der Waals surface area contributed by atoms with Crippen LogP contribution in [0.4, 0.5) is 15.8 Å². The van der Waals surface area contributed by atoms with Crippen LogP contribution in [0.15, 0.2) is 42.5 Å². The lowest BCUT2D eigenvalue weighted by Crippen LogP contribution is -2.51. The maximum absolute atomic E-state index is 13.8. The lowest BCUT2D eigenvalue weighted by Gasteiger charge is -2.36. The molecule has 1 atom stereocenters. The number of halogens is 1. The second-order valence-electron chi connectivity index (χ2n) is 6.75. The molecule has 1 amide bonds. The lowest BCUT2D eigenvalue weighted by molar-refractivity contribution is -0.116. The minimum atomic E-state index is -0.147. The Labute approximate surface area is 147 Å². The average Bonchev–Trinajstić information content (AvgIpc) is 2.76. The van der Waals surface area contributed by atoms with E-state index in [1.54, 1.807) is 6.07 Å². The molecule has 0 bridgehead atoms. The standard InChI is InChI=1S/C20H22FN3O/c21-17-4-2-1-3-15(17)7-5-14-6-8-18-19(11-14)24-10-9-22-13-16(24)12-20(25)23-18/h1-4,6,8,11,16,22H,5,7,9-10,12-13H2,(H,23,25). The fourth-order valence-corrected chi connectivity index (χ4v) is 3.73. The van der Waals surface area contributed by atoms with E-state index < -0.39 is 0 Å². The zero-order valence-electron chi connectivity index (χ0n) is 14.1. The summed E-state index contributed by atoms with van der Waals surface area (Å²) in [5.41, 5.74) is 3.87. The predicted octanol–water partition coefficient (Wildman–Crippen LogP) is 2.73. The molecule has 25 heavy (non-hydrogen) atoms. The molecule has 0 saturated carbocycles. The first-order valence-electron chi connectivity index (χ1n) is 8.84. The first-order chi connectivity index (χ1) is 12.2. The van der Waals surface area contributed by atoms with Crippen molar-refractivity contribution in [1.82, 2.24) is 5.32 Å². The van der Waals surface area contributed by atoms with Gasteiger partial charge in [0.25, 0.3) is 0 Å². The molecule has 2 aliphatic rings. The van der Waals surface area contributed by atoms with Crippen LogP contribution in [0.25, 0.3) is 0 Å². The smallest absolute Gasteiger partial charge is 0.226 e. The van der Waals surface area contributed by atoms with E-state index in [-0.39, 0.29) is 17.8 Å². The predicted molar refractivity (Wildman–Crippen MR) is 97.5 cm³/mol. The monoisotopic (exact) mass is 339 g/mol. The number of hydrogen-bond donors (Lipinski definition) is 2. The van der Waals surface area contributed by atoms with Gasteiger partial charge in [0.2, 0.25) is 5.91 Å². The second kappa shape index (κ2) is 6.84. The number of fused-ring (bicyclic) bond motifs is 3. The third kappa shape index (κ3) is 3.37. The zero-order chi connectivity index (χ0) is 17.2. The van der Waals surface area contributed by atoms with Gasteiger partial charge in [-0.05, 0) is 42.2 Å². The summed E-state index contributed by atoms with van der Waals surface area (Å²) >= 11 is 0. The van der Waals surface area contributed by atoms with Crippen LogP contribution in [0, 0.1) is 5.82 Å². The molecule has 2 N–H and O–H groups in total. The Morgan fingerprint density at radius 3 is 2.92 bits per heavy atom. The lowest BCUT2D eigenvalue weighted by atomic mass is 10.0. The summed E-state index contributed by atoms with van der Waals surface area (Å²) in [6, 6.07) is 13.3. The first-order valence-corrected chi connectivity index (χ1v) is 8.84. The Morgan fingerprint density at radius 2 is 2.04 bits per heavy atom. The third-order valence-corrected chi connectivity index (χ3v) is 5.06. The highest BCUT2D eigenvalue weighted by Crippen LogP contribution is 2.33. The number of amides is 1. The molecule has 4 rings (SSSR count). The number of anilines is 2. The molecule has 0 radical (unpaired) electrons. The second-order valence-corrected chi connectivity index (χ2v) is 6.75. The number of carbonyl (C=O) groups excluding carboxylic acids is 1. The van der Waals surface area contributed by atoms with Crippen LogP contribution in [-0.2, 0) is 17.6 Å². The van der Waals surface area contributed by atoms with Crippen LogP contribution in [0.5, 0.6) is 0 Å². The molecule has 1 unspecified atom stereocenters. The van der Waals surface area contributed by atoms with Gasteiger partial charge in [-0.3, -0.25) is 4.79 Å². The number of nitrogens with one attached hydrogen (secondary N) is 2. The van der Waals surface area contributed by atoms with Gasteiger partial charge in [0.1, 0.15) is 5.82 Å². The summed E-state index contributed by atoms with van der Waals surface area (Å²) in [5, 5.41) is 6.39. The number of carbonyl (C=O) groups is 1. The van der Waals surface area contributed by atoms with E-state index in [1.165, 1.54) is 6.07 Å². The normalized spacial score (nSPS) is 19.6. The fourth-order valence-electron chi connectivity index (χ4n) is 3.73. The summed E-state index contributed by atoms with van der Waals surface area (Å²) < 4.78 is 13.8. The van der Waals surface area contributed by atoms with Crippen LogP contribution in [-0.4, -0.2) is 31.6 Å². The molecule has 2 heterocycles. The van der Waals surface area contributed by atoms with Crippen molar-refractivity contribution in [3.8, 4) is 0 Å². The first kappa shape index (κ1) is 16.1. The third-order valence-electron chi connectivity index (χ3n) is 5.06. The molecule has 1 saturated heterocycles. The van der Waals surface area contributed by atoms with Gasteiger partial charge in [0.15, 0.2) is 0 Å². The van der Waals surface area contributed by atoms with Gasteiger partial charge >= 0.3 is 0 Å². The van der Waals surface area contributed by atoms with Gasteiger partial charge < -0.3 is 15.5 Å². The summed E-state index contributed by atoms with van der Waals surface area (Å²) in [6.07, 6.45) is 1.95. The Bertz CT molecular complexity index is 792. The topological polar surface area (TPSA) is 44.4 Å². The van der Waals surface area contributed by atoms with Crippen LogP contribution in [0.1, 0.15) is 17.5 Å². The molecule has 0 spiro atoms. The van der Waals surface area contributed by atoms with Crippen LogP contribution in [0.2, 0.25) is 0 Å². The average molecular weight is 339 g/mol. The molecule has 0 aliphatic carbocycles. The van der Waals surface area contributed by atoms with Crippen molar-refractivity contribution in [2.24, 2.45) is 0 Å². The van der Waals surface area contributed by atoms with Crippen molar-refractivity contribution in [3.63, 3.8) is 0 Å². The largest absolute Gasteiger partial charge is 0.364 e.